The van der Waals surface area contributed by atoms with Gasteiger partial charge in [-0.1, -0.05) is 0 Å². The lowest BCUT2D eigenvalue weighted by molar-refractivity contribution is 0.150. The summed E-state index contributed by atoms with van der Waals surface area (Å²) >= 11 is 1.71. The number of hydrogen-bond donors (Lipinski definition) is 0. The fourth-order valence-corrected chi connectivity index (χ4v) is 1.67. The van der Waals surface area contributed by atoms with Crippen molar-refractivity contribution in [1.29, 1.82) is 10.5 Å². The zero-order valence-electron chi connectivity index (χ0n) is 7.34. The van der Waals surface area contributed by atoms with Crippen LogP contribution in [0.4, 0.5) is 8.78 Å². The van der Waals surface area contributed by atoms with Gasteiger partial charge in [0.15, 0.2) is 0 Å². The molecule has 15 heavy (non-hydrogen) atoms. The molecular formula is C9H4F2IN3. The van der Waals surface area contributed by atoms with Gasteiger partial charge in [0.2, 0.25) is 0 Å². The first kappa shape index (κ1) is 11.8. The molecule has 76 valence electrons. The van der Waals surface area contributed by atoms with Gasteiger partial charge in [-0.05, 0) is 28.2 Å². The highest BCUT2D eigenvalue weighted by Gasteiger charge is 2.20. The van der Waals surface area contributed by atoms with Gasteiger partial charge in [-0.3, -0.25) is 0 Å². The molecule has 1 rings (SSSR count). The predicted octanol–water partition coefficient (Wildman–Crippen LogP) is 2.56. The number of aromatic nitrogens is 1. The van der Waals surface area contributed by atoms with E-state index in [4.69, 9.17) is 10.5 Å². The van der Waals surface area contributed by atoms with Crippen LogP contribution in [-0.2, 0) is 6.42 Å². The number of nitrogens with zero attached hydrogens (tertiary/aromatic N) is 3. The summed E-state index contributed by atoms with van der Waals surface area (Å²) < 4.78 is 25.6. The number of pyridine rings is 1. The van der Waals surface area contributed by atoms with Crippen LogP contribution in [0.15, 0.2) is 6.20 Å². The topological polar surface area (TPSA) is 60.5 Å². The molecule has 0 fully saturated rings. The molecule has 1 heterocycles. The molecule has 1 aromatic heterocycles. The van der Waals surface area contributed by atoms with E-state index in [0.29, 0.717) is 0 Å². The summed E-state index contributed by atoms with van der Waals surface area (Å²) in [5.41, 5.74) is -0.402. The van der Waals surface area contributed by atoms with Crippen LogP contribution in [0.3, 0.4) is 0 Å². The monoisotopic (exact) mass is 319 g/mol. The molecule has 0 saturated carbocycles. The number of nitriles is 2. The number of halogens is 3. The van der Waals surface area contributed by atoms with E-state index in [2.05, 4.69) is 4.98 Å². The summed E-state index contributed by atoms with van der Waals surface area (Å²) in [6, 6.07) is 3.45. The molecule has 3 nitrogen and oxygen atoms in total. The average Bonchev–Trinajstić information content (AvgIpc) is 2.20. The Kier molecular flexibility index (Phi) is 3.92. The maximum Gasteiger partial charge on any atom is 0.265 e. The third-order valence-electron chi connectivity index (χ3n) is 1.75. The number of hydrogen-bond acceptors (Lipinski definition) is 3. The molecule has 0 spiro atoms. The summed E-state index contributed by atoms with van der Waals surface area (Å²) in [5, 5.41) is 17.2. The van der Waals surface area contributed by atoms with Gasteiger partial charge in [0, 0.05) is 11.8 Å². The number of rotatable bonds is 2. The highest BCUT2D eigenvalue weighted by molar-refractivity contribution is 14.1. The van der Waals surface area contributed by atoms with E-state index in [1.165, 1.54) is 6.20 Å². The van der Waals surface area contributed by atoms with Gasteiger partial charge in [-0.25, -0.2) is 13.8 Å². The molecule has 0 amide bonds. The van der Waals surface area contributed by atoms with Crippen LogP contribution in [0, 0.1) is 26.4 Å². The van der Waals surface area contributed by atoms with Crippen molar-refractivity contribution in [3.05, 3.63) is 26.6 Å². The van der Waals surface area contributed by atoms with Crippen LogP contribution < -0.4 is 0 Å². The summed E-state index contributed by atoms with van der Waals surface area (Å²) in [5.74, 6) is 0. The van der Waals surface area contributed by atoms with Crippen molar-refractivity contribution >= 4 is 22.6 Å². The highest BCUT2D eigenvalue weighted by atomic mass is 127. The molecule has 6 heteroatoms. The summed E-state index contributed by atoms with van der Waals surface area (Å²) in [4.78, 5) is 3.79. The van der Waals surface area contributed by atoms with Crippen LogP contribution >= 0.6 is 22.6 Å². The Labute approximate surface area is 98.5 Å². The second kappa shape index (κ2) is 4.99. The quantitative estimate of drug-likeness (QED) is 0.622. The van der Waals surface area contributed by atoms with Crippen molar-refractivity contribution in [2.24, 2.45) is 0 Å². The minimum Gasteiger partial charge on any atom is -0.249 e. The first-order valence-corrected chi connectivity index (χ1v) is 4.92. The van der Waals surface area contributed by atoms with E-state index < -0.39 is 6.43 Å². The fourth-order valence-electron chi connectivity index (χ4n) is 1.12. The molecule has 0 unspecified atom stereocenters. The maximum atomic E-state index is 12.7. The van der Waals surface area contributed by atoms with Gasteiger partial charge >= 0.3 is 0 Å². The van der Waals surface area contributed by atoms with Crippen molar-refractivity contribution in [3.8, 4) is 12.1 Å². The van der Waals surface area contributed by atoms with E-state index in [1.807, 2.05) is 0 Å². The third kappa shape index (κ3) is 2.39. The predicted molar refractivity (Wildman–Crippen MR) is 55.9 cm³/mol. The van der Waals surface area contributed by atoms with E-state index >= 15 is 0 Å². The Morgan fingerprint density at radius 3 is 2.60 bits per heavy atom. The molecule has 0 saturated heterocycles. The summed E-state index contributed by atoms with van der Waals surface area (Å²) in [6.45, 7) is 0. The normalized spacial score (nSPS) is 9.73. The van der Waals surface area contributed by atoms with Crippen molar-refractivity contribution in [3.63, 3.8) is 0 Å². The zero-order valence-corrected chi connectivity index (χ0v) is 9.49. The minimum atomic E-state index is -2.76. The van der Waals surface area contributed by atoms with Crippen LogP contribution in [0.25, 0.3) is 0 Å². The first-order valence-electron chi connectivity index (χ1n) is 3.84. The SMILES string of the molecule is N#CCc1cnc(I)c(C#N)c1C(F)F. The molecule has 0 aliphatic rings. The molecule has 0 aromatic carbocycles. The molecule has 0 aliphatic carbocycles. The Hall–Kier alpha value is -1.28. The zero-order chi connectivity index (χ0) is 11.4. The van der Waals surface area contributed by atoms with Crippen LogP contribution in [0.5, 0.6) is 0 Å². The Morgan fingerprint density at radius 2 is 2.13 bits per heavy atom. The summed E-state index contributed by atoms with van der Waals surface area (Å²) in [6.07, 6.45) is -1.72. The van der Waals surface area contributed by atoms with Gasteiger partial charge in [0.25, 0.3) is 6.43 Å². The summed E-state index contributed by atoms with van der Waals surface area (Å²) in [7, 11) is 0. The van der Waals surface area contributed by atoms with E-state index in [9.17, 15) is 8.78 Å². The van der Waals surface area contributed by atoms with E-state index in [1.54, 1.807) is 34.7 Å². The van der Waals surface area contributed by atoms with Gasteiger partial charge in [-0.15, -0.1) is 0 Å². The van der Waals surface area contributed by atoms with E-state index in [0.717, 1.165) is 0 Å². The number of alkyl halides is 2. The largest absolute Gasteiger partial charge is 0.265 e. The minimum absolute atomic E-state index is 0.115. The second-order valence-corrected chi connectivity index (χ2v) is 3.63. The second-order valence-electron chi connectivity index (χ2n) is 2.61. The standard InChI is InChI=1S/C9H4F2IN3/c10-8(11)7-5(1-2-13)4-15-9(12)6(7)3-14/h4,8H,1H2. The smallest absolute Gasteiger partial charge is 0.249 e. The molecule has 0 bridgehead atoms. The van der Waals surface area contributed by atoms with Crippen LogP contribution in [0.2, 0.25) is 0 Å². The van der Waals surface area contributed by atoms with Crippen molar-refractivity contribution < 1.29 is 8.78 Å². The Balaban J connectivity index is 3.45. The van der Waals surface area contributed by atoms with Gasteiger partial charge in [0.1, 0.15) is 9.77 Å². The van der Waals surface area contributed by atoms with Crippen molar-refractivity contribution in [2.45, 2.75) is 12.8 Å². The average molecular weight is 319 g/mol. The van der Waals surface area contributed by atoms with Crippen molar-refractivity contribution in [2.75, 3.05) is 0 Å². The van der Waals surface area contributed by atoms with Crippen LogP contribution in [-0.4, -0.2) is 4.98 Å². The fraction of sp³-hybridized carbons (Fsp3) is 0.222. The molecule has 0 radical (unpaired) electrons. The van der Waals surface area contributed by atoms with Gasteiger partial charge < -0.3 is 0 Å². The van der Waals surface area contributed by atoms with Gasteiger partial charge in [0.05, 0.1) is 18.1 Å². The first-order chi connectivity index (χ1) is 7.11. The highest BCUT2D eigenvalue weighted by Crippen LogP contribution is 2.28. The van der Waals surface area contributed by atoms with Gasteiger partial charge in [-0.2, -0.15) is 10.5 Å². The molecule has 1 aromatic rings. The van der Waals surface area contributed by atoms with Crippen molar-refractivity contribution in [1.82, 2.24) is 4.98 Å². The lowest BCUT2D eigenvalue weighted by atomic mass is 10.0. The molecule has 0 N–H and O–H groups in total. The van der Waals surface area contributed by atoms with Crippen LogP contribution in [0.1, 0.15) is 23.1 Å². The maximum absolute atomic E-state index is 12.7. The molecule has 0 aliphatic heterocycles. The van der Waals surface area contributed by atoms with E-state index in [-0.39, 0.29) is 26.8 Å². The molecule has 0 atom stereocenters. The Morgan fingerprint density at radius 1 is 1.47 bits per heavy atom. The third-order valence-corrected chi connectivity index (χ3v) is 2.57. The lowest BCUT2D eigenvalue weighted by Gasteiger charge is -2.08. The lowest BCUT2D eigenvalue weighted by Crippen LogP contribution is -2.02. The molecular weight excluding hydrogens is 315 g/mol. The Bertz CT molecular complexity index is 460.